The molecule has 0 aliphatic carbocycles. The molecule has 5 nitrogen and oxygen atoms in total. The van der Waals surface area contributed by atoms with Crippen molar-refractivity contribution in [1.29, 1.82) is 0 Å². The van der Waals surface area contributed by atoms with Crippen LogP contribution in [-0.4, -0.2) is 33.1 Å². The van der Waals surface area contributed by atoms with E-state index in [9.17, 15) is 9.90 Å². The molecule has 3 rings (SSSR count). The Hall–Kier alpha value is -2.57. The molecule has 3 aromatic rings. The molecule has 2 aromatic carbocycles. The van der Waals surface area contributed by atoms with Crippen molar-refractivity contribution in [3.8, 4) is 5.75 Å². The van der Waals surface area contributed by atoms with Gasteiger partial charge in [-0.25, -0.2) is 4.98 Å². The number of aliphatic hydroxyl groups excluding tert-OH is 1. The molecule has 0 radical (unpaired) electrons. The number of aromatic nitrogens is 2. The van der Waals surface area contributed by atoms with Crippen molar-refractivity contribution >= 4 is 22.7 Å². The van der Waals surface area contributed by atoms with Crippen LogP contribution in [0, 0.1) is 13.8 Å². The molecule has 1 aromatic heterocycles. The first-order valence-electron chi connectivity index (χ1n) is 9.11. The van der Waals surface area contributed by atoms with Gasteiger partial charge in [0.05, 0.1) is 17.0 Å². The number of ether oxygens (including phenoxy) is 1. The Morgan fingerprint density at radius 2 is 1.93 bits per heavy atom. The van der Waals surface area contributed by atoms with Crippen molar-refractivity contribution in [2.75, 3.05) is 12.4 Å². The Morgan fingerprint density at radius 3 is 2.64 bits per heavy atom. The van der Waals surface area contributed by atoms with Crippen molar-refractivity contribution in [2.24, 2.45) is 0 Å². The van der Waals surface area contributed by atoms with Crippen LogP contribution >= 0.6 is 11.8 Å². The van der Waals surface area contributed by atoms with Gasteiger partial charge in [-0.15, -0.1) is 6.58 Å². The van der Waals surface area contributed by atoms with Gasteiger partial charge in [-0.1, -0.05) is 48.2 Å². The van der Waals surface area contributed by atoms with E-state index in [-0.39, 0.29) is 12.2 Å². The van der Waals surface area contributed by atoms with Crippen molar-refractivity contribution in [3.63, 3.8) is 0 Å². The second-order valence-electron chi connectivity index (χ2n) is 6.61. The zero-order valence-corrected chi connectivity index (χ0v) is 16.9. The molecule has 1 atom stereocenters. The zero-order chi connectivity index (χ0) is 20.1. The highest BCUT2D eigenvalue weighted by Crippen LogP contribution is 2.23. The molecule has 0 saturated carbocycles. The fourth-order valence-corrected chi connectivity index (χ4v) is 3.89. The van der Waals surface area contributed by atoms with Gasteiger partial charge < -0.3 is 9.84 Å². The first-order chi connectivity index (χ1) is 13.5. The highest BCUT2D eigenvalue weighted by Gasteiger charge is 2.14. The van der Waals surface area contributed by atoms with E-state index >= 15 is 0 Å². The molecule has 1 heterocycles. The van der Waals surface area contributed by atoms with Crippen LogP contribution in [0.1, 0.15) is 11.1 Å². The molecule has 0 unspecified atom stereocenters. The molecule has 0 spiro atoms. The van der Waals surface area contributed by atoms with Gasteiger partial charge >= 0.3 is 0 Å². The van der Waals surface area contributed by atoms with Gasteiger partial charge in [-0.2, -0.15) is 0 Å². The first kappa shape index (κ1) is 20.2. The summed E-state index contributed by atoms with van der Waals surface area (Å²) in [6.45, 7) is 8.24. The van der Waals surface area contributed by atoms with Crippen LogP contribution in [0.5, 0.6) is 5.75 Å². The van der Waals surface area contributed by atoms with Crippen LogP contribution in [0.3, 0.4) is 0 Å². The predicted molar refractivity (Wildman–Crippen MR) is 114 cm³/mol. The third-order valence-electron chi connectivity index (χ3n) is 4.37. The molecule has 0 saturated heterocycles. The van der Waals surface area contributed by atoms with Gasteiger partial charge in [0, 0.05) is 12.3 Å². The lowest BCUT2D eigenvalue weighted by Crippen LogP contribution is -2.25. The molecule has 0 fully saturated rings. The summed E-state index contributed by atoms with van der Waals surface area (Å²) >= 11 is 1.34. The molecule has 0 bridgehead atoms. The number of aryl methyl sites for hydroxylation is 2. The number of fused-ring (bicyclic) bond motifs is 1. The Morgan fingerprint density at radius 1 is 1.21 bits per heavy atom. The van der Waals surface area contributed by atoms with E-state index in [0.717, 1.165) is 16.9 Å². The van der Waals surface area contributed by atoms with Gasteiger partial charge in [0.25, 0.3) is 5.56 Å². The Labute approximate surface area is 168 Å². The second kappa shape index (κ2) is 9.08. The summed E-state index contributed by atoms with van der Waals surface area (Å²) in [6.07, 6.45) is 0.979. The summed E-state index contributed by atoms with van der Waals surface area (Å²) < 4.78 is 7.40. The third kappa shape index (κ3) is 4.46. The zero-order valence-electron chi connectivity index (χ0n) is 16.1. The molecule has 0 amide bonds. The van der Waals surface area contributed by atoms with E-state index in [1.165, 1.54) is 11.8 Å². The van der Waals surface area contributed by atoms with Crippen LogP contribution in [0.2, 0.25) is 0 Å². The summed E-state index contributed by atoms with van der Waals surface area (Å²) in [4.78, 5) is 17.3. The molecule has 28 heavy (non-hydrogen) atoms. The quantitative estimate of drug-likeness (QED) is 0.357. The summed E-state index contributed by atoms with van der Waals surface area (Å²) in [5, 5.41) is 11.5. The maximum Gasteiger partial charge on any atom is 0.262 e. The number of allylic oxidation sites excluding steroid dienone is 1. The largest absolute Gasteiger partial charge is 0.490 e. The minimum atomic E-state index is -0.690. The lowest BCUT2D eigenvalue weighted by molar-refractivity contribution is 0.125. The molecular formula is C22H24N2O3S. The van der Waals surface area contributed by atoms with Crippen LogP contribution < -0.4 is 10.3 Å². The molecule has 1 N–H and O–H groups in total. The fourth-order valence-electron chi connectivity index (χ4n) is 2.97. The minimum Gasteiger partial charge on any atom is -0.490 e. The smallest absolute Gasteiger partial charge is 0.262 e. The van der Waals surface area contributed by atoms with Crippen molar-refractivity contribution in [2.45, 2.75) is 31.7 Å². The van der Waals surface area contributed by atoms with E-state index in [0.29, 0.717) is 28.4 Å². The highest BCUT2D eigenvalue weighted by atomic mass is 32.2. The van der Waals surface area contributed by atoms with Crippen molar-refractivity contribution in [1.82, 2.24) is 9.55 Å². The molecule has 0 aliphatic heterocycles. The van der Waals surface area contributed by atoms with Gasteiger partial charge in [0.15, 0.2) is 5.16 Å². The maximum absolute atomic E-state index is 12.7. The van der Waals surface area contributed by atoms with E-state index < -0.39 is 6.10 Å². The SMILES string of the molecule is C=CCn1c(SC[C@H](O)COc2c(C)cccc2C)nc2ccccc2c1=O. The summed E-state index contributed by atoms with van der Waals surface area (Å²) in [7, 11) is 0. The molecular weight excluding hydrogens is 372 g/mol. The number of hydrogen-bond donors (Lipinski definition) is 1. The standard InChI is InChI=1S/C22H24N2O3S/c1-4-12-24-21(26)18-10-5-6-11-19(18)23-22(24)28-14-17(25)13-27-20-15(2)8-7-9-16(20)3/h4-11,17,25H,1,12-14H2,2-3H3/t17-/m1/s1. The lowest BCUT2D eigenvalue weighted by Gasteiger charge is -2.16. The van der Waals surface area contributed by atoms with Gasteiger partial charge in [0.2, 0.25) is 0 Å². The van der Waals surface area contributed by atoms with Gasteiger partial charge in [0.1, 0.15) is 12.4 Å². The van der Waals surface area contributed by atoms with Crippen LogP contribution in [0.15, 0.2) is 65.1 Å². The monoisotopic (exact) mass is 396 g/mol. The van der Waals surface area contributed by atoms with E-state index in [4.69, 9.17) is 4.74 Å². The number of hydrogen-bond acceptors (Lipinski definition) is 5. The maximum atomic E-state index is 12.7. The minimum absolute atomic E-state index is 0.103. The van der Waals surface area contributed by atoms with Crippen LogP contribution in [0.4, 0.5) is 0 Å². The number of benzene rings is 2. The molecule has 146 valence electrons. The average molecular weight is 397 g/mol. The van der Waals surface area contributed by atoms with E-state index in [1.54, 1.807) is 16.7 Å². The van der Waals surface area contributed by atoms with Crippen LogP contribution in [-0.2, 0) is 6.54 Å². The number of nitrogens with zero attached hydrogens (tertiary/aromatic N) is 2. The van der Waals surface area contributed by atoms with E-state index in [1.807, 2.05) is 50.2 Å². The first-order valence-corrected chi connectivity index (χ1v) is 10.1. The summed E-state index contributed by atoms with van der Waals surface area (Å²) in [5.41, 5.74) is 2.62. The Bertz CT molecular complexity index is 1030. The van der Waals surface area contributed by atoms with Crippen LogP contribution in [0.25, 0.3) is 10.9 Å². The van der Waals surface area contributed by atoms with Gasteiger partial charge in [-0.05, 0) is 37.1 Å². The number of rotatable bonds is 8. The second-order valence-corrected chi connectivity index (χ2v) is 7.60. The molecule has 6 heteroatoms. The molecule has 0 aliphatic rings. The van der Waals surface area contributed by atoms with Gasteiger partial charge in [-0.3, -0.25) is 9.36 Å². The summed E-state index contributed by atoms with van der Waals surface area (Å²) in [6, 6.07) is 13.2. The Kier molecular flexibility index (Phi) is 6.54. The number of aliphatic hydroxyl groups is 1. The third-order valence-corrected chi connectivity index (χ3v) is 5.49. The van der Waals surface area contributed by atoms with Crippen molar-refractivity contribution < 1.29 is 9.84 Å². The highest BCUT2D eigenvalue weighted by molar-refractivity contribution is 7.99. The average Bonchev–Trinajstić information content (AvgIpc) is 2.68. The summed E-state index contributed by atoms with van der Waals surface area (Å²) in [5.74, 6) is 1.17. The van der Waals surface area contributed by atoms with Crippen molar-refractivity contribution in [3.05, 3.63) is 76.6 Å². The normalized spacial score (nSPS) is 12.1. The lowest BCUT2D eigenvalue weighted by atomic mass is 10.1. The number of thioether (sulfide) groups is 1. The fraction of sp³-hybridized carbons (Fsp3) is 0.273. The Balaban J connectivity index is 1.73. The number of para-hydroxylation sites is 2. The van der Waals surface area contributed by atoms with E-state index in [2.05, 4.69) is 11.6 Å². The topological polar surface area (TPSA) is 64.3 Å². The predicted octanol–water partition coefficient (Wildman–Crippen LogP) is 3.73.